The van der Waals surface area contributed by atoms with Gasteiger partial charge in [0.2, 0.25) is 5.91 Å². The average Bonchev–Trinajstić information content (AvgIpc) is 2.37. The van der Waals surface area contributed by atoms with Crippen molar-refractivity contribution in [3.63, 3.8) is 0 Å². The second-order valence-electron chi connectivity index (χ2n) is 5.48. The Morgan fingerprint density at radius 3 is 2.47 bits per heavy atom. The molecule has 1 rings (SSSR count). The molecule has 0 aliphatic heterocycles. The van der Waals surface area contributed by atoms with Gasteiger partial charge in [0.15, 0.2) is 0 Å². The maximum Gasteiger partial charge on any atom is 0.223 e. The Morgan fingerprint density at radius 1 is 1.41 bits per heavy atom. The molecule has 0 aromatic rings. The molecule has 17 heavy (non-hydrogen) atoms. The second kappa shape index (κ2) is 6.36. The van der Waals surface area contributed by atoms with E-state index in [9.17, 15) is 4.79 Å². The van der Waals surface area contributed by atoms with Crippen LogP contribution in [-0.2, 0) is 4.79 Å². The molecule has 1 aliphatic carbocycles. The molecular weight excluding hydrogens is 216 g/mol. The van der Waals surface area contributed by atoms with Crippen LogP contribution in [0.4, 0.5) is 0 Å². The molecular formula is C13H26N2O2. The number of nitrogens with zero attached hydrogens (tertiary/aromatic N) is 1. The number of nitrogens with two attached hydrogens (primary N) is 1. The summed E-state index contributed by atoms with van der Waals surface area (Å²) in [5, 5.41) is 9.06. The Morgan fingerprint density at radius 2 is 2.00 bits per heavy atom. The summed E-state index contributed by atoms with van der Waals surface area (Å²) in [7, 11) is 1.76. The van der Waals surface area contributed by atoms with Crippen LogP contribution in [-0.4, -0.2) is 42.2 Å². The fraction of sp³-hybridized carbons (Fsp3) is 0.923. The van der Waals surface area contributed by atoms with E-state index in [4.69, 9.17) is 10.8 Å². The molecule has 1 fully saturated rings. The zero-order valence-corrected chi connectivity index (χ0v) is 11.1. The van der Waals surface area contributed by atoms with E-state index in [2.05, 4.69) is 0 Å². The van der Waals surface area contributed by atoms with Crippen LogP contribution >= 0.6 is 0 Å². The summed E-state index contributed by atoms with van der Waals surface area (Å²) in [6, 6.07) is -0.110. The lowest BCUT2D eigenvalue weighted by atomic mass is 9.71. The third kappa shape index (κ3) is 3.68. The third-order valence-electron chi connectivity index (χ3n) is 4.19. The minimum absolute atomic E-state index is 0.0118. The van der Waals surface area contributed by atoms with Gasteiger partial charge < -0.3 is 15.7 Å². The van der Waals surface area contributed by atoms with Gasteiger partial charge in [0.05, 0.1) is 12.6 Å². The van der Waals surface area contributed by atoms with Crippen LogP contribution in [0.15, 0.2) is 0 Å². The lowest BCUT2D eigenvalue weighted by molar-refractivity contribution is -0.135. The van der Waals surface area contributed by atoms with E-state index in [-0.39, 0.29) is 24.0 Å². The summed E-state index contributed by atoms with van der Waals surface area (Å²) in [6.45, 7) is 2.46. The van der Waals surface area contributed by atoms with Crippen molar-refractivity contribution < 1.29 is 9.90 Å². The Hall–Kier alpha value is -0.610. The normalized spacial score (nSPS) is 20.9. The van der Waals surface area contributed by atoms with E-state index in [0.29, 0.717) is 13.0 Å². The summed E-state index contributed by atoms with van der Waals surface area (Å²) in [4.78, 5) is 13.8. The van der Waals surface area contributed by atoms with Crippen LogP contribution in [0.25, 0.3) is 0 Å². The van der Waals surface area contributed by atoms with Crippen LogP contribution in [0.3, 0.4) is 0 Å². The van der Waals surface area contributed by atoms with Gasteiger partial charge >= 0.3 is 0 Å². The fourth-order valence-corrected chi connectivity index (χ4v) is 2.57. The average molecular weight is 242 g/mol. The minimum Gasteiger partial charge on any atom is -0.394 e. The standard InChI is InChI=1S/C13H26N2O2/c1-11(9-16)15(2)12(17)8-13(10-14)6-4-3-5-7-13/h11,16H,3-10,14H2,1-2H3. The van der Waals surface area contributed by atoms with Crippen LogP contribution in [0.1, 0.15) is 45.4 Å². The topological polar surface area (TPSA) is 66.6 Å². The van der Waals surface area contributed by atoms with Gasteiger partial charge in [-0.2, -0.15) is 0 Å². The predicted molar refractivity (Wildman–Crippen MR) is 68.5 cm³/mol. The van der Waals surface area contributed by atoms with Crippen LogP contribution in [0.5, 0.6) is 0 Å². The number of aliphatic hydroxyl groups excluding tert-OH is 1. The van der Waals surface area contributed by atoms with Crippen LogP contribution in [0.2, 0.25) is 0 Å². The molecule has 3 N–H and O–H groups in total. The molecule has 0 aromatic carbocycles. The van der Waals surface area contributed by atoms with Crippen molar-refractivity contribution in [1.29, 1.82) is 0 Å². The number of likely N-dealkylation sites (N-methyl/N-ethyl adjacent to an activating group) is 1. The van der Waals surface area contributed by atoms with E-state index >= 15 is 0 Å². The Kier molecular flexibility index (Phi) is 5.40. The molecule has 1 aliphatic rings. The highest BCUT2D eigenvalue weighted by atomic mass is 16.3. The first-order valence-corrected chi connectivity index (χ1v) is 6.61. The van der Waals surface area contributed by atoms with E-state index < -0.39 is 0 Å². The van der Waals surface area contributed by atoms with Crippen molar-refractivity contribution in [2.24, 2.45) is 11.1 Å². The highest BCUT2D eigenvalue weighted by Gasteiger charge is 2.34. The summed E-state index contributed by atoms with van der Waals surface area (Å²) in [5.41, 5.74) is 5.89. The molecule has 1 amide bonds. The molecule has 0 bridgehead atoms. The summed E-state index contributed by atoms with van der Waals surface area (Å²) in [6.07, 6.45) is 6.30. The second-order valence-corrected chi connectivity index (χ2v) is 5.48. The highest BCUT2D eigenvalue weighted by molar-refractivity contribution is 5.77. The van der Waals surface area contributed by atoms with E-state index in [1.54, 1.807) is 11.9 Å². The number of hydrogen-bond donors (Lipinski definition) is 2. The van der Waals surface area contributed by atoms with Gasteiger partial charge in [-0.25, -0.2) is 0 Å². The van der Waals surface area contributed by atoms with Crippen LogP contribution < -0.4 is 5.73 Å². The molecule has 0 heterocycles. The molecule has 0 aromatic heterocycles. The molecule has 1 unspecified atom stereocenters. The molecule has 1 saturated carbocycles. The quantitative estimate of drug-likeness (QED) is 0.759. The Balaban J connectivity index is 2.58. The number of amides is 1. The lowest BCUT2D eigenvalue weighted by Crippen LogP contribution is -2.43. The van der Waals surface area contributed by atoms with Gasteiger partial charge in [0.25, 0.3) is 0 Å². The van der Waals surface area contributed by atoms with Crippen molar-refractivity contribution >= 4 is 5.91 Å². The number of carbonyl (C=O) groups excluding carboxylic acids is 1. The third-order valence-corrected chi connectivity index (χ3v) is 4.19. The molecule has 0 radical (unpaired) electrons. The van der Waals surface area contributed by atoms with E-state index in [1.807, 2.05) is 6.92 Å². The summed E-state index contributed by atoms with van der Waals surface area (Å²) in [5.74, 6) is 0.110. The zero-order valence-electron chi connectivity index (χ0n) is 11.1. The monoisotopic (exact) mass is 242 g/mol. The summed E-state index contributed by atoms with van der Waals surface area (Å²) >= 11 is 0. The molecule has 1 atom stereocenters. The lowest BCUT2D eigenvalue weighted by Gasteiger charge is -2.37. The van der Waals surface area contributed by atoms with Gasteiger partial charge in [-0.3, -0.25) is 4.79 Å². The Bertz CT molecular complexity index is 250. The highest BCUT2D eigenvalue weighted by Crippen LogP contribution is 2.38. The van der Waals surface area contributed by atoms with E-state index in [1.165, 1.54) is 19.3 Å². The minimum atomic E-state index is -0.110. The van der Waals surface area contributed by atoms with Crippen molar-refractivity contribution in [2.75, 3.05) is 20.2 Å². The number of carbonyl (C=O) groups is 1. The maximum absolute atomic E-state index is 12.1. The fourth-order valence-electron chi connectivity index (χ4n) is 2.57. The predicted octanol–water partition coefficient (Wildman–Crippen LogP) is 1.12. The van der Waals surface area contributed by atoms with Gasteiger partial charge in [-0.15, -0.1) is 0 Å². The molecule has 100 valence electrons. The van der Waals surface area contributed by atoms with Gasteiger partial charge in [-0.05, 0) is 31.7 Å². The first-order valence-electron chi connectivity index (χ1n) is 6.61. The van der Waals surface area contributed by atoms with E-state index in [0.717, 1.165) is 12.8 Å². The van der Waals surface area contributed by atoms with Crippen molar-refractivity contribution in [3.05, 3.63) is 0 Å². The van der Waals surface area contributed by atoms with Crippen molar-refractivity contribution in [3.8, 4) is 0 Å². The van der Waals surface area contributed by atoms with Crippen molar-refractivity contribution in [2.45, 2.75) is 51.5 Å². The molecule has 0 spiro atoms. The molecule has 4 nitrogen and oxygen atoms in total. The molecule has 4 heteroatoms. The maximum atomic E-state index is 12.1. The number of rotatable bonds is 5. The largest absolute Gasteiger partial charge is 0.394 e. The SMILES string of the molecule is CC(CO)N(C)C(=O)CC1(CN)CCCCC1. The number of hydrogen-bond acceptors (Lipinski definition) is 3. The first kappa shape index (κ1) is 14.5. The Labute approximate surface area is 104 Å². The van der Waals surface area contributed by atoms with Gasteiger partial charge in [0, 0.05) is 13.5 Å². The smallest absolute Gasteiger partial charge is 0.223 e. The van der Waals surface area contributed by atoms with Gasteiger partial charge in [0.1, 0.15) is 0 Å². The first-order chi connectivity index (χ1) is 8.04. The molecule has 0 saturated heterocycles. The number of aliphatic hydroxyl groups is 1. The van der Waals surface area contributed by atoms with Gasteiger partial charge in [-0.1, -0.05) is 19.3 Å². The summed E-state index contributed by atoms with van der Waals surface area (Å²) < 4.78 is 0. The zero-order chi connectivity index (χ0) is 12.9. The van der Waals surface area contributed by atoms with Crippen molar-refractivity contribution in [1.82, 2.24) is 4.90 Å². The van der Waals surface area contributed by atoms with Crippen LogP contribution in [0, 0.1) is 5.41 Å².